The number of nitrogens with zero attached hydrogens (tertiary/aromatic N) is 2. The predicted molar refractivity (Wildman–Crippen MR) is 165 cm³/mol. The summed E-state index contributed by atoms with van der Waals surface area (Å²) in [6.07, 6.45) is 2.10. The van der Waals surface area contributed by atoms with E-state index >= 15 is 0 Å². The Morgan fingerprint density at radius 3 is 2.36 bits per heavy atom. The predicted octanol–water partition coefficient (Wildman–Crippen LogP) is 6.66. The smallest absolute Gasteiger partial charge is 0.343 e. The van der Waals surface area contributed by atoms with Crippen LogP contribution in [0.2, 0.25) is 0 Å². The van der Waals surface area contributed by atoms with Crippen LogP contribution in [0.25, 0.3) is 10.2 Å². The number of hydrogen-bond acceptors (Lipinski definition) is 6. The van der Waals surface area contributed by atoms with E-state index in [1.54, 1.807) is 32.2 Å². The number of ether oxygens (including phenoxy) is 2. The number of carbonyl (C=O) groups excluding carboxylic acids is 1. The molecule has 0 atom stereocenters. The van der Waals surface area contributed by atoms with E-state index in [1.165, 1.54) is 23.6 Å². The van der Waals surface area contributed by atoms with Crippen LogP contribution in [0.4, 0.5) is 4.39 Å². The van der Waals surface area contributed by atoms with E-state index in [-0.39, 0.29) is 30.0 Å². The number of halogens is 1. The Kier molecular flexibility index (Phi) is 9.15. The topological polar surface area (TPSA) is 60.8 Å². The maximum Gasteiger partial charge on any atom is 0.343 e. The van der Waals surface area contributed by atoms with Crippen LogP contribution in [0.15, 0.2) is 89.9 Å². The van der Waals surface area contributed by atoms with Crippen LogP contribution in [0, 0.1) is 5.82 Å². The minimum Gasteiger partial charge on any atom is -0.497 e. The average molecular weight is 585 g/mol. The van der Waals surface area contributed by atoms with E-state index in [4.69, 9.17) is 9.47 Å². The second-order valence-electron chi connectivity index (χ2n) is 10.2. The molecule has 0 bridgehead atoms. The van der Waals surface area contributed by atoms with Crippen LogP contribution < -0.4 is 10.2 Å². The number of pyridine rings is 1. The van der Waals surface area contributed by atoms with E-state index in [2.05, 4.69) is 17.0 Å². The first-order chi connectivity index (χ1) is 20.4. The molecule has 0 N–H and O–H groups in total. The second kappa shape index (κ2) is 13.1. The molecule has 6 nitrogen and oxygen atoms in total. The number of benzene rings is 3. The summed E-state index contributed by atoms with van der Waals surface area (Å²) in [6, 6.07) is 24.5. The molecule has 0 aliphatic rings. The van der Waals surface area contributed by atoms with Crippen LogP contribution >= 0.6 is 11.3 Å². The highest BCUT2D eigenvalue weighted by Crippen LogP contribution is 2.34. The summed E-state index contributed by atoms with van der Waals surface area (Å²) < 4.78 is 27.2. The Balaban J connectivity index is 1.67. The number of thiophene rings is 1. The standard InChI is InChI=1S/C34H33FN2O4S/c1-4-41-34(39)28-22-37(20-25-12-8-9-13-29(25)35)33-31(32(28)38)27(21-36(2)19-24-10-6-5-7-11-24)30(42-33)18-23-14-16-26(40-3)17-15-23/h5-17,22H,4,18-21H2,1-3H3. The highest BCUT2D eigenvalue weighted by Gasteiger charge is 2.24. The maximum atomic E-state index is 14.8. The van der Waals surface area contributed by atoms with Crippen LogP contribution in [0.3, 0.4) is 0 Å². The van der Waals surface area contributed by atoms with Crippen molar-refractivity contribution in [3.05, 3.63) is 134 Å². The molecule has 0 fully saturated rings. The summed E-state index contributed by atoms with van der Waals surface area (Å²) in [4.78, 5) is 30.9. The monoisotopic (exact) mass is 584 g/mol. The first kappa shape index (κ1) is 29.2. The van der Waals surface area contributed by atoms with Crippen molar-refractivity contribution >= 4 is 27.5 Å². The van der Waals surface area contributed by atoms with Gasteiger partial charge >= 0.3 is 5.97 Å². The van der Waals surface area contributed by atoms with Gasteiger partial charge in [0, 0.05) is 36.1 Å². The molecule has 42 heavy (non-hydrogen) atoms. The molecule has 0 saturated heterocycles. The van der Waals surface area contributed by atoms with Gasteiger partial charge in [-0.15, -0.1) is 11.3 Å². The van der Waals surface area contributed by atoms with Crippen LogP contribution in [0.1, 0.15) is 44.4 Å². The van der Waals surface area contributed by atoms with Crippen LogP contribution in [-0.4, -0.2) is 36.2 Å². The van der Waals surface area contributed by atoms with Gasteiger partial charge in [-0.1, -0.05) is 60.7 Å². The van der Waals surface area contributed by atoms with Crippen molar-refractivity contribution in [3.8, 4) is 5.75 Å². The minimum atomic E-state index is -0.682. The molecule has 2 aromatic heterocycles. The van der Waals surface area contributed by atoms with Gasteiger partial charge in [0.25, 0.3) is 0 Å². The van der Waals surface area contributed by atoms with Crippen molar-refractivity contribution in [2.24, 2.45) is 0 Å². The molecule has 216 valence electrons. The quantitative estimate of drug-likeness (QED) is 0.163. The largest absolute Gasteiger partial charge is 0.497 e. The van der Waals surface area contributed by atoms with Gasteiger partial charge in [-0.05, 0) is 48.9 Å². The fraction of sp³-hybridized carbons (Fsp3) is 0.235. The third kappa shape index (κ3) is 6.45. The summed E-state index contributed by atoms with van der Waals surface area (Å²) in [7, 11) is 3.65. The Hall–Kier alpha value is -4.27. The van der Waals surface area contributed by atoms with Gasteiger partial charge in [0.1, 0.15) is 22.0 Å². The lowest BCUT2D eigenvalue weighted by Crippen LogP contribution is -2.23. The summed E-state index contributed by atoms with van der Waals surface area (Å²) in [5.74, 6) is -0.264. The van der Waals surface area contributed by atoms with E-state index in [1.807, 2.05) is 54.1 Å². The van der Waals surface area contributed by atoms with E-state index in [9.17, 15) is 14.0 Å². The molecule has 0 radical (unpaired) electrons. The highest BCUT2D eigenvalue weighted by molar-refractivity contribution is 7.18. The third-order valence-electron chi connectivity index (χ3n) is 7.13. The molecule has 0 unspecified atom stereocenters. The number of hydrogen-bond donors (Lipinski definition) is 0. The van der Waals surface area contributed by atoms with Gasteiger partial charge in [0.15, 0.2) is 0 Å². The molecule has 0 spiro atoms. The summed E-state index contributed by atoms with van der Waals surface area (Å²) in [5, 5.41) is 0.477. The number of methoxy groups -OCH3 is 1. The van der Waals surface area contributed by atoms with E-state index < -0.39 is 5.97 Å². The molecule has 0 aliphatic heterocycles. The fourth-order valence-electron chi connectivity index (χ4n) is 5.08. The van der Waals surface area contributed by atoms with Crippen molar-refractivity contribution in [1.29, 1.82) is 0 Å². The number of carbonyl (C=O) groups is 1. The van der Waals surface area contributed by atoms with E-state index in [0.717, 1.165) is 27.3 Å². The second-order valence-corrected chi connectivity index (χ2v) is 11.3. The molecule has 2 heterocycles. The van der Waals surface area contributed by atoms with Crippen molar-refractivity contribution < 1.29 is 18.7 Å². The lowest BCUT2D eigenvalue weighted by molar-refractivity contribution is 0.0524. The van der Waals surface area contributed by atoms with E-state index in [0.29, 0.717) is 35.3 Å². The van der Waals surface area contributed by atoms with Gasteiger partial charge in [-0.2, -0.15) is 0 Å². The van der Waals surface area contributed by atoms with Crippen LogP contribution in [-0.2, 0) is 30.8 Å². The van der Waals surface area contributed by atoms with Gasteiger partial charge in [0.05, 0.1) is 25.6 Å². The molecule has 5 rings (SSSR count). The molecule has 0 aliphatic carbocycles. The fourth-order valence-corrected chi connectivity index (χ4v) is 6.40. The normalized spacial score (nSPS) is 11.3. The Bertz CT molecular complexity index is 1750. The minimum absolute atomic E-state index is 0.0542. The Labute approximate surface area is 248 Å². The molecular weight excluding hydrogens is 551 g/mol. The first-order valence-electron chi connectivity index (χ1n) is 13.8. The zero-order valence-electron chi connectivity index (χ0n) is 23.9. The maximum absolute atomic E-state index is 14.8. The number of esters is 1. The van der Waals surface area contributed by atoms with Crippen molar-refractivity contribution in [1.82, 2.24) is 9.47 Å². The average Bonchev–Trinajstić information content (AvgIpc) is 3.34. The van der Waals surface area contributed by atoms with Gasteiger partial charge in [0.2, 0.25) is 5.43 Å². The molecule has 8 heteroatoms. The van der Waals surface area contributed by atoms with Gasteiger partial charge < -0.3 is 14.0 Å². The Morgan fingerprint density at radius 2 is 1.67 bits per heavy atom. The number of rotatable bonds is 11. The zero-order valence-corrected chi connectivity index (χ0v) is 24.7. The molecule has 0 saturated carbocycles. The van der Waals surface area contributed by atoms with Crippen molar-refractivity contribution in [2.75, 3.05) is 20.8 Å². The molecule has 3 aromatic carbocycles. The lowest BCUT2D eigenvalue weighted by atomic mass is 10.0. The number of fused-ring (bicyclic) bond motifs is 1. The summed E-state index contributed by atoms with van der Waals surface area (Å²) in [6.45, 7) is 3.18. The molecule has 0 amide bonds. The van der Waals surface area contributed by atoms with Gasteiger partial charge in [-0.25, -0.2) is 9.18 Å². The first-order valence-corrected chi connectivity index (χ1v) is 14.6. The molecular formula is C34H33FN2O4S. The summed E-state index contributed by atoms with van der Waals surface area (Å²) in [5.41, 5.74) is 3.12. The van der Waals surface area contributed by atoms with Crippen molar-refractivity contribution in [3.63, 3.8) is 0 Å². The zero-order chi connectivity index (χ0) is 29.6. The number of aromatic nitrogens is 1. The SMILES string of the molecule is CCOC(=O)c1cn(Cc2ccccc2F)c2sc(Cc3ccc(OC)cc3)c(CN(C)Cc3ccccc3)c2c1=O. The molecule has 5 aromatic rings. The van der Waals surface area contributed by atoms with Gasteiger partial charge in [-0.3, -0.25) is 9.69 Å². The lowest BCUT2D eigenvalue weighted by Gasteiger charge is -2.18. The third-order valence-corrected chi connectivity index (χ3v) is 8.40. The van der Waals surface area contributed by atoms with Crippen molar-refractivity contribution in [2.45, 2.75) is 33.0 Å². The summed E-state index contributed by atoms with van der Waals surface area (Å²) >= 11 is 1.51. The Morgan fingerprint density at radius 1 is 0.952 bits per heavy atom. The highest BCUT2D eigenvalue weighted by atomic mass is 32.1. The van der Waals surface area contributed by atoms with Crippen LogP contribution in [0.5, 0.6) is 5.75 Å².